The lowest BCUT2D eigenvalue weighted by Gasteiger charge is -2.17. The number of ether oxygens (including phenoxy) is 1. The van der Waals surface area contributed by atoms with Gasteiger partial charge in [0.25, 0.3) is 0 Å². The van der Waals surface area contributed by atoms with Crippen LogP contribution in [0.1, 0.15) is 10.4 Å². The quantitative estimate of drug-likeness (QED) is 0.732. The zero-order valence-corrected chi connectivity index (χ0v) is 10.8. The highest BCUT2D eigenvalue weighted by atomic mass is 16.5. The minimum atomic E-state index is -0.911. The largest absolute Gasteiger partial charge is 0.478 e. The van der Waals surface area contributed by atoms with Gasteiger partial charge >= 0.3 is 5.97 Å². The summed E-state index contributed by atoms with van der Waals surface area (Å²) < 4.78 is 4.99. The summed E-state index contributed by atoms with van der Waals surface area (Å²) in [5, 5.41) is 12.2. The highest BCUT2D eigenvalue weighted by Crippen LogP contribution is 2.14. The van der Waals surface area contributed by atoms with Crippen molar-refractivity contribution in [2.24, 2.45) is 0 Å². The zero-order valence-electron chi connectivity index (χ0n) is 10.8. The van der Waals surface area contributed by atoms with Crippen LogP contribution in [-0.2, 0) is 4.74 Å². The van der Waals surface area contributed by atoms with Crippen LogP contribution >= 0.6 is 0 Å². The van der Waals surface area contributed by atoms with Crippen molar-refractivity contribution >= 4 is 11.7 Å². The molecular weight excluding hydrogens is 232 g/mol. The number of benzene rings is 1. The second-order valence-electron chi connectivity index (χ2n) is 4.07. The molecule has 0 aromatic heterocycles. The van der Waals surface area contributed by atoms with E-state index in [1.165, 1.54) is 0 Å². The van der Waals surface area contributed by atoms with Gasteiger partial charge in [0.05, 0.1) is 12.2 Å². The summed E-state index contributed by atoms with van der Waals surface area (Å²) in [5.41, 5.74) is 0.960. The average Bonchev–Trinajstić information content (AvgIpc) is 2.36. The van der Waals surface area contributed by atoms with Crippen LogP contribution in [0, 0.1) is 0 Å². The number of rotatable bonds is 8. The van der Waals surface area contributed by atoms with Crippen LogP contribution in [0.15, 0.2) is 24.3 Å². The maximum absolute atomic E-state index is 11.0. The molecule has 2 N–H and O–H groups in total. The highest BCUT2D eigenvalue weighted by Gasteiger charge is 2.08. The molecule has 5 nitrogen and oxygen atoms in total. The van der Waals surface area contributed by atoms with Crippen molar-refractivity contribution in [3.05, 3.63) is 29.8 Å². The SMILES string of the molecule is COCCN(C)CCNc1ccccc1C(=O)O. The normalized spacial score (nSPS) is 10.6. The second kappa shape index (κ2) is 7.68. The molecule has 0 heterocycles. The van der Waals surface area contributed by atoms with E-state index in [2.05, 4.69) is 10.2 Å². The molecular formula is C13H20N2O3. The molecule has 5 heteroatoms. The third kappa shape index (κ3) is 4.73. The van der Waals surface area contributed by atoms with E-state index < -0.39 is 5.97 Å². The lowest BCUT2D eigenvalue weighted by atomic mass is 10.2. The molecule has 1 aromatic carbocycles. The first-order chi connectivity index (χ1) is 8.65. The summed E-state index contributed by atoms with van der Waals surface area (Å²) in [4.78, 5) is 13.1. The summed E-state index contributed by atoms with van der Waals surface area (Å²) >= 11 is 0. The molecule has 100 valence electrons. The van der Waals surface area contributed by atoms with E-state index >= 15 is 0 Å². The van der Waals surface area contributed by atoms with E-state index in [4.69, 9.17) is 9.84 Å². The van der Waals surface area contributed by atoms with Gasteiger partial charge < -0.3 is 20.1 Å². The van der Waals surface area contributed by atoms with Crippen molar-refractivity contribution in [2.45, 2.75) is 0 Å². The van der Waals surface area contributed by atoms with Crippen molar-refractivity contribution in [2.75, 3.05) is 45.7 Å². The van der Waals surface area contributed by atoms with Crippen LogP contribution < -0.4 is 5.32 Å². The number of likely N-dealkylation sites (N-methyl/N-ethyl adjacent to an activating group) is 1. The van der Waals surface area contributed by atoms with E-state index in [0.29, 0.717) is 24.4 Å². The molecule has 0 fully saturated rings. The summed E-state index contributed by atoms with van der Waals surface area (Å²) in [7, 11) is 3.68. The van der Waals surface area contributed by atoms with Crippen molar-refractivity contribution in [1.82, 2.24) is 4.90 Å². The van der Waals surface area contributed by atoms with Gasteiger partial charge in [0.1, 0.15) is 0 Å². The van der Waals surface area contributed by atoms with Gasteiger partial charge in [-0.25, -0.2) is 4.79 Å². The van der Waals surface area contributed by atoms with Gasteiger partial charge in [-0.05, 0) is 19.2 Å². The molecule has 1 rings (SSSR count). The molecule has 0 aliphatic carbocycles. The van der Waals surface area contributed by atoms with Gasteiger partial charge in [0.2, 0.25) is 0 Å². The van der Waals surface area contributed by atoms with Crippen molar-refractivity contribution in [3.63, 3.8) is 0 Å². The van der Waals surface area contributed by atoms with E-state index in [1.54, 1.807) is 25.3 Å². The van der Waals surface area contributed by atoms with Gasteiger partial charge in [0, 0.05) is 32.4 Å². The zero-order chi connectivity index (χ0) is 13.4. The molecule has 0 radical (unpaired) electrons. The molecule has 0 saturated carbocycles. The van der Waals surface area contributed by atoms with Crippen LogP contribution in [0.2, 0.25) is 0 Å². The van der Waals surface area contributed by atoms with Gasteiger partial charge in [-0.15, -0.1) is 0 Å². The Bertz CT molecular complexity index is 382. The highest BCUT2D eigenvalue weighted by molar-refractivity contribution is 5.94. The minimum absolute atomic E-state index is 0.303. The molecule has 1 aromatic rings. The molecule has 0 unspecified atom stereocenters. The van der Waals surface area contributed by atoms with Gasteiger partial charge in [-0.2, -0.15) is 0 Å². The molecule has 0 atom stereocenters. The Morgan fingerprint density at radius 2 is 2.11 bits per heavy atom. The number of hydrogen-bond acceptors (Lipinski definition) is 4. The molecule has 18 heavy (non-hydrogen) atoms. The Labute approximate surface area is 107 Å². The summed E-state index contributed by atoms with van der Waals surface area (Å²) in [6, 6.07) is 6.92. The van der Waals surface area contributed by atoms with Crippen LogP contribution in [0.3, 0.4) is 0 Å². The van der Waals surface area contributed by atoms with Crippen molar-refractivity contribution in [3.8, 4) is 0 Å². The number of carboxylic acid groups (broad SMARTS) is 1. The minimum Gasteiger partial charge on any atom is -0.478 e. The third-order valence-electron chi connectivity index (χ3n) is 2.64. The lowest BCUT2D eigenvalue weighted by molar-refractivity contribution is 0.0698. The summed E-state index contributed by atoms with van der Waals surface area (Å²) in [6.07, 6.45) is 0. The topological polar surface area (TPSA) is 61.8 Å². The first kappa shape index (κ1) is 14.5. The number of carboxylic acids is 1. The van der Waals surface area contributed by atoms with Crippen LogP contribution in [0.5, 0.6) is 0 Å². The molecule has 0 aliphatic rings. The fraction of sp³-hybridized carbons (Fsp3) is 0.462. The molecule has 0 bridgehead atoms. The third-order valence-corrected chi connectivity index (χ3v) is 2.64. The first-order valence-electron chi connectivity index (χ1n) is 5.89. The Kier molecular flexibility index (Phi) is 6.18. The predicted molar refractivity (Wildman–Crippen MR) is 71.3 cm³/mol. The van der Waals surface area contributed by atoms with Crippen LogP contribution in [0.25, 0.3) is 0 Å². The fourth-order valence-corrected chi connectivity index (χ4v) is 1.56. The average molecular weight is 252 g/mol. The Morgan fingerprint density at radius 3 is 2.78 bits per heavy atom. The van der Waals surface area contributed by atoms with E-state index in [-0.39, 0.29) is 0 Å². The van der Waals surface area contributed by atoms with E-state index in [1.807, 2.05) is 13.1 Å². The first-order valence-corrected chi connectivity index (χ1v) is 5.89. The number of para-hydroxylation sites is 1. The monoisotopic (exact) mass is 252 g/mol. The van der Waals surface area contributed by atoms with Gasteiger partial charge in [0.15, 0.2) is 0 Å². The number of hydrogen-bond donors (Lipinski definition) is 2. The van der Waals surface area contributed by atoms with Crippen LogP contribution in [0.4, 0.5) is 5.69 Å². The Morgan fingerprint density at radius 1 is 1.39 bits per heavy atom. The molecule has 0 aliphatic heterocycles. The second-order valence-corrected chi connectivity index (χ2v) is 4.07. The number of nitrogens with zero attached hydrogens (tertiary/aromatic N) is 1. The number of carbonyl (C=O) groups is 1. The number of methoxy groups -OCH3 is 1. The predicted octanol–water partition coefficient (Wildman–Crippen LogP) is 1.37. The summed E-state index contributed by atoms with van der Waals surface area (Å²) in [5.74, 6) is -0.911. The standard InChI is InChI=1S/C13H20N2O3/c1-15(9-10-18-2)8-7-14-12-6-4-3-5-11(12)13(16)17/h3-6,14H,7-10H2,1-2H3,(H,16,17). The molecule has 0 spiro atoms. The Hall–Kier alpha value is -1.59. The van der Waals surface area contributed by atoms with Crippen molar-refractivity contribution in [1.29, 1.82) is 0 Å². The fourth-order valence-electron chi connectivity index (χ4n) is 1.56. The maximum Gasteiger partial charge on any atom is 0.337 e. The van der Waals surface area contributed by atoms with E-state index in [0.717, 1.165) is 13.1 Å². The van der Waals surface area contributed by atoms with Crippen molar-refractivity contribution < 1.29 is 14.6 Å². The number of nitrogens with one attached hydrogen (secondary N) is 1. The number of anilines is 1. The summed E-state index contributed by atoms with van der Waals surface area (Å²) in [6.45, 7) is 3.09. The number of aromatic carboxylic acids is 1. The maximum atomic E-state index is 11.0. The van der Waals surface area contributed by atoms with Gasteiger partial charge in [-0.1, -0.05) is 12.1 Å². The smallest absolute Gasteiger partial charge is 0.337 e. The van der Waals surface area contributed by atoms with E-state index in [9.17, 15) is 4.79 Å². The Balaban J connectivity index is 2.41. The lowest BCUT2D eigenvalue weighted by Crippen LogP contribution is -2.28. The van der Waals surface area contributed by atoms with Crippen LogP contribution in [-0.4, -0.2) is 56.4 Å². The molecule has 0 amide bonds. The molecule has 0 saturated heterocycles. The van der Waals surface area contributed by atoms with Gasteiger partial charge in [-0.3, -0.25) is 0 Å².